The highest BCUT2D eigenvalue weighted by Crippen LogP contribution is 2.16. The summed E-state index contributed by atoms with van der Waals surface area (Å²) < 4.78 is 5.41. The van der Waals surface area contributed by atoms with E-state index in [2.05, 4.69) is 15.1 Å². The maximum absolute atomic E-state index is 11.1. The summed E-state index contributed by atoms with van der Waals surface area (Å²) in [7, 11) is 0. The summed E-state index contributed by atoms with van der Waals surface area (Å²) >= 11 is 5.65. The standard InChI is InChI=1S/C20H24N4O3S/c25-24(26)19-8-4-5-17(15-19)16-23(10-9-22-11-13-27-14-12-22)20(28)21-18-6-2-1-3-7-18/h1-8,15H,9-14,16H2,(H,21,28). The number of para-hydroxylation sites is 1. The van der Waals surface area contributed by atoms with E-state index >= 15 is 0 Å². The molecule has 7 nitrogen and oxygen atoms in total. The predicted molar refractivity (Wildman–Crippen MR) is 113 cm³/mol. The first-order chi connectivity index (χ1) is 13.6. The summed E-state index contributed by atoms with van der Waals surface area (Å²) in [5.41, 5.74) is 1.86. The number of ether oxygens (including phenoxy) is 1. The van der Waals surface area contributed by atoms with Gasteiger partial charge in [0.1, 0.15) is 0 Å². The van der Waals surface area contributed by atoms with Crippen LogP contribution in [0.15, 0.2) is 54.6 Å². The molecular weight excluding hydrogens is 376 g/mol. The highest BCUT2D eigenvalue weighted by atomic mass is 32.1. The first-order valence-corrected chi connectivity index (χ1v) is 9.67. The minimum atomic E-state index is -0.373. The average Bonchev–Trinajstić information content (AvgIpc) is 2.72. The topological polar surface area (TPSA) is 70.9 Å². The molecule has 1 aliphatic heterocycles. The Bertz CT molecular complexity index is 797. The lowest BCUT2D eigenvalue weighted by atomic mass is 10.2. The molecule has 0 unspecified atom stereocenters. The van der Waals surface area contributed by atoms with Crippen LogP contribution in [-0.2, 0) is 11.3 Å². The van der Waals surface area contributed by atoms with Gasteiger partial charge < -0.3 is 15.0 Å². The third-order valence-corrected chi connectivity index (χ3v) is 4.96. The maximum atomic E-state index is 11.1. The lowest BCUT2D eigenvalue weighted by Crippen LogP contribution is -2.43. The van der Waals surface area contributed by atoms with E-state index in [1.165, 1.54) is 6.07 Å². The number of nitrogens with one attached hydrogen (secondary N) is 1. The first kappa shape index (κ1) is 20.2. The second-order valence-corrected chi connectivity index (χ2v) is 6.99. The number of anilines is 1. The number of non-ortho nitro benzene ring substituents is 1. The van der Waals surface area contributed by atoms with Crippen molar-refractivity contribution in [1.82, 2.24) is 9.80 Å². The lowest BCUT2D eigenvalue weighted by molar-refractivity contribution is -0.384. The summed E-state index contributed by atoms with van der Waals surface area (Å²) in [6, 6.07) is 16.5. The number of benzene rings is 2. The number of thiocarbonyl (C=S) groups is 1. The SMILES string of the molecule is O=[N+]([O-])c1cccc(CN(CCN2CCOCC2)C(=S)Nc2ccccc2)c1. The van der Waals surface area contributed by atoms with Gasteiger partial charge in [0.15, 0.2) is 5.11 Å². The molecule has 0 aliphatic carbocycles. The molecule has 2 aromatic carbocycles. The van der Waals surface area contributed by atoms with Crippen molar-refractivity contribution in [2.24, 2.45) is 0 Å². The number of nitrogens with zero attached hydrogens (tertiary/aromatic N) is 3. The summed E-state index contributed by atoms with van der Waals surface area (Å²) in [5.74, 6) is 0. The molecule has 1 saturated heterocycles. The molecule has 0 aromatic heterocycles. The van der Waals surface area contributed by atoms with Gasteiger partial charge in [0.2, 0.25) is 0 Å². The number of morpholine rings is 1. The molecule has 0 bridgehead atoms. The van der Waals surface area contributed by atoms with Gasteiger partial charge in [-0.2, -0.15) is 0 Å². The molecule has 1 heterocycles. The zero-order chi connectivity index (χ0) is 19.8. The van der Waals surface area contributed by atoms with Crippen LogP contribution in [0.3, 0.4) is 0 Å². The van der Waals surface area contributed by atoms with Crippen molar-refractivity contribution in [3.63, 3.8) is 0 Å². The maximum Gasteiger partial charge on any atom is 0.269 e. The smallest absolute Gasteiger partial charge is 0.269 e. The number of hydrogen-bond acceptors (Lipinski definition) is 5. The van der Waals surface area contributed by atoms with Crippen molar-refractivity contribution in [2.75, 3.05) is 44.7 Å². The van der Waals surface area contributed by atoms with Crippen LogP contribution in [0.4, 0.5) is 11.4 Å². The van der Waals surface area contributed by atoms with Gasteiger partial charge in [0, 0.05) is 50.5 Å². The van der Waals surface area contributed by atoms with Gasteiger partial charge in [0.05, 0.1) is 18.1 Å². The largest absolute Gasteiger partial charge is 0.379 e. The van der Waals surface area contributed by atoms with E-state index in [0.717, 1.165) is 50.6 Å². The van der Waals surface area contributed by atoms with Crippen molar-refractivity contribution < 1.29 is 9.66 Å². The number of nitro groups is 1. The minimum Gasteiger partial charge on any atom is -0.379 e. The fraction of sp³-hybridized carbons (Fsp3) is 0.350. The van der Waals surface area contributed by atoms with Crippen molar-refractivity contribution in [2.45, 2.75) is 6.54 Å². The quantitative estimate of drug-likeness (QED) is 0.435. The van der Waals surface area contributed by atoms with Gasteiger partial charge in [-0.15, -0.1) is 0 Å². The summed E-state index contributed by atoms with van der Waals surface area (Å²) in [5, 5.41) is 15.0. The Morgan fingerprint density at radius 3 is 2.64 bits per heavy atom. The van der Waals surface area contributed by atoms with Crippen LogP contribution in [0.1, 0.15) is 5.56 Å². The Kier molecular flexibility index (Phi) is 7.30. The highest BCUT2D eigenvalue weighted by molar-refractivity contribution is 7.80. The van der Waals surface area contributed by atoms with E-state index in [4.69, 9.17) is 17.0 Å². The fourth-order valence-electron chi connectivity index (χ4n) is 3.05. The number of nitro benzene ring substituents is 1. The molecule has 1 aliphatic rings. The Morgan fingerprint density at radius 1 is 1.18 bits per heavy atom. The molecule has 148 valence electrons. The van der Waals surface area contributed by atoms with Gasteiger partial charge in [0.25, 0.3) is 5.69 Å². The zero-order valence-electron chi connectivity index (χ0n) is 15.6. The van der Waals surface area contributed by atoms with Crippen LogP contribution >= 0.6 is 12.2 Å². The van der Waals surface area contributed by atoms with Gasteiger partial charge >= 0.3 is 0 Å². The molecular formula is C20H24N4O3S. The van der Waals surface area contributed by atoms with Crippen LogP contribution in [0, 0.1) is 10.1 Å². The molecule has 0 saturated carbocycles. The van der Waals surface area contributed by atoms with Gasteiger partial charge in [-0.25, -0.2) is 0 Å². The Hall–Kier alpha value is -2.55. The predicted octanol–water partition coefficient (Wildman–Crippen LogP) is 3.13. The van der Waals surface area contributed by atoms with E-state index < -0.39 is 0 Å². The lowest BCUT2D eigenvalue weighted by Gasteiger charge is -2.31. The fourth-order valence-corrected chi connectivity index (χ4v) is 3.33. The molecule has 1 fully saturated rings. The third-order valence-electron chi connectivity index (χ3n) is 4.60. The Balaban J connectivity index is 1.70. The molecule has 0 amide bonds. The van der Waals surface area contributed by atoms with E-state index in [1.807, 2.05) is 36.4 Å². The summed E-state index contributed by atoms with van der Waals surface area (Å²) in [6.45, 7) is 5.39. The highest BCUT2D eigenvalue weighted by Gasteiger charge is 2.16. The van der Waals surface area contributed by atoms with E-state index in [0.29, 0.717) is 11.7 Å². The number of rotatable bonds is 7. The molecule has 2 aromatic rings. The summed E-state index contributed by atoms with van der Waals surface area (Å²) in [6.07, 6.45) is 0. The first-order valence-electron chi connectivity index (χ1n) is 9.26. The van der Waals surface area contributed by atoms with Crippen LogP contribution in [0.5, 0.6) is 0 Å². The Morgan fingerprint density at radius 2 is 1.93 bits per heavy atom. The molecule has 0 radical (unpaired) electrons. The molecule has 0 atom stereocenters. The zero-order valence-corrected chi connectivity index (χ0v) is 16.4. The second kappa shape index (κ2) is 10.1. The summed E-state index contributed by atoms with van der Waals surface area (Å²) in [4.78, 5) is 15.1. The van der Waals surface area contributed by atoms with Gasteiger partial charge in [-0.1, -0.05) is 30.3 Å². The normalized spacial score (nSPS) is 14.4. The van der Waals surface area contributed by atoms with Crippen molar-refractivity contribution >= 4 is 28.7 Å². The number of hydrogen-bond donors (Lipinski definition) is 1. The monoisotopic (exact) mass is 400 g/mol. The van der Waals surface area contributed by atoms with Crippen LogP contribution < -0.4 is 5.32 Å². The van der Waals surface area contributed by atoms with Crippen LogP contribution in [0.2, 0.25) is 0 Å². The molecule has 3 rings (SSSR count). The van der Waals surface area contributed by atoms with Crippen molar-refractivity contribution in [3.8, 4) is 0 Å². The molecule has 0 spiro atoms. The van der Waals surface area contributed by atoms with E-state index in [9.17, 15) is 10.1 Å². The van der Waals surface area contributed by atoms with Gasteiger partial charge in [-0.3, -0.25) is 15.0 Å². The van der Waals surface area contributed by atoms with Crippen LogP contribution in [0.25, 0.3) is 0 Å². The van der Waals surface area contributed by atoms with Crippen molar-refractivity contribution in [3.05, 3.63) is 70.3 Å². The average molecular weight is 401 g/mol. The molecule has 28 heavy (non-hydrogen) atoms. The van der Waals surface area contributed by atoms with E-state index in [1.54, 1.807) is 12.1 Å². The van der Waals surface area contributed by atoms with Gasteiger partial charge in [-0.05, 0) is 29.9 Å². The molecule has 8 heteroatoms. The second-order valence-electron chi connectivity index (χ2n) is 6.60. The Labute approximate surface area is 170 Å². The van der Waals surface area contributed by atoms with Crippen molar-refractivity contribution in [1.29, 1.82) is 0 Å². The molecule has 1 N–H and O–H groups in total. The van der Waals surface area contributed by atoms with E-state index in [-0.39, 0.29) is 10.6 Å². The van der Waals surface area contributed by atoms with Crippen LogP contribution in [-0.4, -0.2) is 59.2 Å². The third kappa shape index (κ3) is 5.98. The minimum absolute atomic E-state index is 0.0903.